The number of thioether (sulfide) groups is 1. The zero-order valence-electron chi connectivity index (χ0n) is 7.58. The number of benzene rings is 1. The van der Waals surface area contributed by atoms with Crippen LogP contribution in [0.15, 0.2) is 40.6 Å². The third kappa shape index (κ3) is 2.74. The number of hydrogen-bond acceptors (Lipinski definition) is 1. The summed E-state index contributed by atoms with van der Waals surface area (Å²) in [6, 6.07) is 8.71. The van der Waals surface area contributed by atoms with Crippen LogP contribution in [0.25, 0.3) is 0 Å². The largest absolute Gasteiger partial charge is 0.0984 e. The second-order valence-corrected chi connectivity index (χ2v) is 3.56. The first kappa shape index (κ1) is 9.40. The molecule has 1 aromatic rings. The standard InChI is InChI=1S/C11H14S/c1-3-9-12-11-7-5-10(4-2)6-8-11/h3,5-9H,4H2,1-2H3. The van der Waals surface area contributed by atoms with Gasteiger partial charge >= 0.3 is 0 Å². The van der Waals surface area contributed by atoms with Gasteiger partial charge in [0, 0.05) is 4.90 Å². The Kier molecular flexibility index (Phi) is 3.95. The van der Waals surface area contributed by atoms with Gasteiger partial charge in [0.1, 0.15) is 0 Å². The van der Waals surface area contributed by atoms with Crippen LogP contribution in [0.4, 0.5) is 0 Å². The van der Waals surface area contributed by atoms with E-state index in [9.17, 15) is 0 Å². The normalized spacial score (nSPS) is 10.8. The highest BCUT2D eigenvalue weighted by Crippen LogP contribution is 2.19. The lowest BCUT2D eigenvalue weighted by Gasteiger charge is -1.97. The van der Waals surface area contributed by atoms with Crippen molar-refractivity contribution >= 4 is 11.8 Å². The Morgan fingerprint density at radius 3 is 2.42 bits per heavy atom. The van der Waals surface area contributed by atoms with E-state index >= 15 is 0 Å². The van der Waals surface area contributed by atoms with Crippen molar-refractivity contribution in [1.82, 2.24) is 0 Å². The molecule has 0 N–H and O–H groups in total. The van der Waals surface area contributed by atoms with E-state index in [-0.39, 0.29) is 0 Å². The number of allylic oxidation sites excluding steroid dienone is 1. The molecule has 0 aliphatic rings. The van der Waals surface area contributed by atoms with Gasteiger partial charge in [-0.1, -0.05) is 36.9 Å². The highest BCUT2D eigenvalue weighted by atomic mass is 32.2. The van der Waals surface area contributed by atoms with Gasteiger partial charge in [-0.15, -0.1) is 0 Å². The van der Waals surface area contributed by atoms with Crippen LogP contribution in [-0.2, 0) is 6.42 Å². The first-order valence-electron chi connectivity index (χ1n) is 4.23. The van der Waals surface area contributed by atoms with Crippen LogP contribution in [0, 0.1) is 0 Å². The molecule has 0 atom stereocenters. The van der Waals surface area contributed by atoms with E-state index in [0.29, 0.717) is 0 Å². The molecule has 0 saturated heterocycles. The van der Waals surface area contributed by atoms with Gasteiger partial charge in [-0.05, 0) is 36.4 Å². The molecule has 0 heterocycles. The molecule has 0 unspecified atom stereocenters. The zero-order valence-corrected chi connectivity index (χ0v) is 8.40. The highest BCUT2D eigenvalue weighted by Gasteiger charge is 1.90. The first-order valence-corrected chi connectivity index (χ1v) is 5.11. The molecule has 0 fully saturated rings. The van der Waals surface area contributed by atoms with Gasteiger partial charge in [0.25, 0.3) is 0 Å². The van der Waals surface area contributed by atoms with Crippen LogP contribution in [0.1, 0.15) is 19.4 Å². The van der Waals surface area contributed by atoms with Gasteiger partial charge < -0.3 is 0 Å². The van der Waals surface area contributed by atoms with Crippen molar-refractivity contribution in [3.63, 3.8) is 0 Å². The Hall–Kier alpha value is -0.690. The minimum atomic E-state index is 1.12. The predicted molar refractivity (Wildman–Crippen MR) is 56.5 cm³/mol. The third-order valence-corrected chi connectivity index (χ3v) is 2.62. The molecule has 0 radical (unpaired) electrons. The Morgan fingerprint density at radius 2 is 1.92 bits per heavy atom. The number of hydrogen-bond donors (Lipinski definition) is 0. The second kappa shape index (κ2) is 5.04. The Morgan fingerprint density at radius 1 is 1.25 bits per heavy atom. The van der Waals surface area contributed by atoms with Crippen molar-refractivity contribution in [2.75, 3.05) is 0 Å². The summed E-state index contributed by atoms with van der Waals surface area (Å²) in [7, 11) is 0. The van der Waals surface area contributed by atoms with Crippen molar-refractivity contribution in [3.8, 4) is 0 Å². The Balaban J connectivity index is 2.64. The van der Waals surface area contributed by atoms with Crippen molar-refractivity contribution in [2.24, 2.45) is 0 Å². The van der Waals surface area contributed by atoms with Crippen LogP contribution >= 0.6 is 11.8 Å². The summed E-state index contributed by atoms with van der Waals surface area (Å²) in [6.07, 6.45) is 3.17. The van der Waals surface area contributed by atoms with Gasteiger partial charge in [-0.2, -0.15) is 0 Å². The fraction of sp³-hybridized carbons (Fsp3) is 0.273. The topological polar surface area (TPSA) is 0 Å². The lowest BCUT2D eigenvalue weighted by molar-refractivity contribution is 1.13. The molecule has 0 spiro atoms. The molecule has 0 amide bonds. The maximum atomic E-state index is 2.19. The highest BCUT2D eigenvalue weighted by molar-refractivity contribution is 8.02. The molecule has 0 aromatic heterocycles. The van der Waals surface area contributed by atoms with E-state index in [1.165, 1.54) is 10.5 Å². The monoisotopic (exact) mass is 178 g/mol. The minimum Gasteiger partial charge on any atom is -0.0984 e. The number of rotatable bonds is 3. The van der Waals surface area contributed by atoms with Gasteiger partial charge in [0.15, 0.2) is 0 Å². The summed E-state index contributed by atoms with van der Waals surface area (Å²) in [6.45, 7) is 4.21. The SMILES string of the molecule is CC=CSc1ccc(CC)cc1. The smallest absolute Gasteiger partial charge is 0.0116 e. The Labute approximate surface area is 78.7 Å². The molecule has 0 saturated carbocycles. The van der Waals surface area contributed by atoms with E-state index in [1.807, 2.05) is 6.92 Å². The van der Waals surface area contributed by atoms with E-state index in [1.54, 1.807) is 11.8 Å². The molecule has 1 rings (SSSR count). The summed E-state index contributed by atoms with van der Waals surface area (Å²) in [4.78, 5) is 1.31. The zero-order chi connectivity index (χ0) is 8.81. The molecule has 0 aliphatic heterocycles. The van der Waals surface area contributed by atoms with Crippen LogP contribution in [0.3, 0.4) is 0 Å². The fourth-order valence-corrected chi connectivity index (χ4v) is 1.54. The third-order valence-electron chi connectivity index (χ3n) is 1.67. The maximum absolute atomic E-state index is 2.19. The molecule has 0 nitrogen and oxygen atoms in total. The van der Waals surface area contributed by atoms with Gasteiger partial charge in [0.05, 0.1) is 0 Å². The average molecular weight is 178 g/mol. The number of aryl methyl sites for hydroxylation is 1. The summed E-state index contributed by atoms with van der Waals surface area (Å²) in [5.41, 5.74) is 1.40. The lowest BCUT2D eigenvalue weighted by atomic mass is 10.2. The molecule has 0 aliphatic carbocycles. The van der Waals surface area contributed by atoms with E-state index in [4.69, 9.17) is 0 Å². The molecule has 1 aromatic carbocycles. The van der Waals surface area contributed by atoms with Gasteiger partial charge in [0.2, 0.25) is 0 Å². The molecule has 12 heavy (non-hydrogen) atoms. The molecule has 0 bridgehead atoms. The Bertz CT molecular complexity index is 246. The summed E-state index contributed by atoms with van der Waals surface area (Å²) in [5.74, 6) is 0. The molecule has 1 heteroatoms. The quantitative estimate of drug-likeness (QED) is 0.633. The van der Waals surface area contributed by atoms with E-state index in [2.05, 4.69) is 42.7 Å². The summed E-state index contributed by atoms with van der Waals surface area (Å²) >= 11 is 1.76. The molecular formula is C11H14S. The van der Waals surface area contributed by atoms with E-state index < -0.39 is 0 Å². The fourth-order valence-electron chi connectivity index (χ4n) is 0.950. The predicted octanol–water partition coefficient (Wildman–Crippen LogP) is 3.87. The molecule has 64 valence electrons. The lowest BCUT2D eigenvalue weighted by Crippen LogP contribution is -1.77. The first-order chi connectivity index (χ1) is 5.86. The molecular weight excluding hydrogens is 164 g/mol. The van der Waals surface area contributed by atoms with Gasteiger partial charge in [-0.25, -0.2) is 0 Å². The van der Waals surface area contributed by atoms with Crippen LogP contribution < -0.4 is 0 Å². The summed E-state index contributed by atoms with van der Waals surface area (Å²) < 4.78 is 0. The van der Waals surface area contributed by atoms with Crippen molar-refractivity contribution in [2.45, 2.75) is 25.2 Å². The van der Waals surface area contributed by atoms with Crippen molar-refractivity contribution in [1.29, 1.82) is 0 Å². The van der Waals surface area contributed by atoms with Crippen molar-refractivity contribution < 1.29 is 0 Å². The maximum Gasteiger partial charge on any atom is 0.0116 e. The average Bonchev–Trinajstić information content (AvgIpc) is 2.15. The van der Waals surface area contributed by atoms with E-state index in [0.717, 1.165) is 6.42 Å². The minimum absolute atomic E-state index is 1.12. The van der Waals surface area contributed by atoms with Crippen molar-refractivity contribution in [3.05, 3.63) is 41.3 Å². The second-order valence-electron chi connectivity index (χ2n) is 2.58. The van der Waals surface area contributed by atoms with Crippen LogP contribution in [0.5, 0.6) is 0 Å². The van der Waals surface area contributed by atoms with Crippen LogP contribution in [0.2, 0.25) is 0 Å². The summed E-state index contributed by atoms with van der Waals surface area (Å²) in [5, 5.41) is 2.10. The van der Waals surface area contributed by atoms with Gasteiger partial charge in [-0.3, -0.25) is 0 Å². The van der Waals surface area contributed by atoms with Crippen LogP contribution in [-0.4, -0.2) is 0 Å².